The highest BCUT2D eigenvalue weighted by molar-refractivity contribution is 5.67. The van der Waals surface area contributed by atoms with E-state index in [0.29, 0.717) is 92.4 Å². The molecule has 1 aromatic rings. The highest BCUT2D eigenvalue weighted by Crippen LogP contribution is 2.06. The molecule has 0 atom stereocenters. The molecule has 2 amide bonds. The Bertz CT molecular complexity index is 731. The SMILES string of the molecule is CC(C)(C)OC(=O)NCCOCCOCCOCCOCCOCCOCCNC(=O)OCc1ccccc1. The fourth-order valence-corrected chi connectivity index (χ4v) is 2.74. The van der Waals surface area contributed by atoms with E-state index in [4.69, 9.17) is 37.9 Å². The van der Waals surface area contributed by atoms with Crippen LogP contribution in [-0.4, -0.2) is 110 Å². The summed E-state index contributed by atoms with van der Waals surface area (Å²) in [7, 11) is 0. The van der Waals surface area contributed by atoms with Crippen LogP contribution in [0.15, 0.2) is 30.3 Å². The minimum atomic E-state index is -0.512. The topological polar surface area (TPSA) is 132 Å². The average Bonchev–Trinajstić information content (AvgIpc) is 2.90. The molecule has 0 spiro atoms. The summed E-state index contributed by atoms with van der Waals surface area (Å²) in [5.41, 5.74) is 0.423. The van der Waals surface area contributed by atoms with E-state index in [0.717, 1.165) is 5.56 Å². The maximum Gasteiger partial charge on any atom is 0.407 e. The third kappa shape index (κ3) is 24.3. The van der Waals surface area contributed by atoms with E-state index in [1.54, 1.807) is 0 Å². The molecule has 0 aliphatic heterocycles. The molecule has 12 nitrogen and oxygen atoms in total. The van der Waals surface area contributed by atoms with Gasteiger partial charge in [-0.25, -0.2) is 9.59 Å². The lowest BCUT2D eigenvalue weighted by atomic mass is 10.2. The van der Waals surface area contributed by atoms with Crippen LogP contribution in [0.5, 0.6) is 0 Å². The van der Waals surface area contributed by atoms with E-state index < -0.39 is 17.8 Å². The van der Waals surface area contributed by atoms with Gasteiger partial charge in [0.05, 0.1) is 79.3 Å². The maximum atomic E-state index is 11.6. The van der Waals surface area contributed by atoms with Gasteiger partial charge in [-0.1, -0.05) is 30.3 Å². The van der Waals surface area contributed by atoms with Crippen LogP contribution in [-0.2, 0) is 44.5 Å². The molecule has 2 N–H and O–H groups in total. The summed E-state index contributed by atoms with van der Waals surface area (Å²) < 4.78 is 42.7. The summed E-state index contributed by atoms with van der Waals surface area (Å²) in [4.78, 5) is 23.1. The summed E-state index contributed by atoms with van der Waals surface area (Å²) >= 11 is 0. The lowest BCUT2D eigenvalue weighted by Crippen LogP contribution is -2.34. The van der Waals surface area contributed by atoms with Crippen LogP contribution in [0.2, 0.25) is 0 Å². The van der Waals surface area contributed by atoms with Crippen molar-refractivity contribution in [3.05, 3.63) is 35.9 Å². The van der Waals surface area contributed by atoms with Crippen molar-refractivity contribution in [3.63, 3.8) is 0 Å². The predicted octanol–water partition coefficient (Wildman–Crippen LogP) is 2.54. The number of rotatable bonds is 23. The second-order valence-electron chi connectivity index (χ2n) is 9.09. The molecule has 0 aliphatic rings. The van der Waals surface area contributed by atoms with Crippen LogP contribution in [0, 0.1) is 0 Å². The van der Waals surface area contributed by atoms with E-state index in [9.17, 15) is 9.59 Å². The van der Waals surface area contributed by atoms with E-state index in [2.05, 4.69) is 10.6 Å². The Balaban J connectivity index is 1.71. The van der Waals surface area contributed by atoms with E-state index in [-0.39, 0.29) is 6.61 Å². The molecule has 12 heteroatoms. The summed E-state index contributed by atoms with van der Waals surface area (Å²) in [6.07, 6.45) is -0.928. The second kappa shape index (κ2) is 23.4. The van der Waals surface area contributed by atoms with Gasteiger partial charge in [0, 0.05) is 13.1 Å². The molecule has 0 bridgehead atoms. The van der Waals surface area contributed by atoms with Crippen LogP contribution in [0.25, 0.3) is 0 Å². The van der Waals surface area contributed by atoms with Gasteiger partial charge >= 0.3 is 12.2 Å². The van der Waals surface area contributed by atoms with Gasteiger partial charge in [0.15, 0.2) is 0 Å². The van der Waals surface area contributed by atoms with Crippen molar-refractivity contribution >= 4 is 12.2 Å². The lowest BCUT2D eigenvalue weighted by Gasteiger charge is -2.19. The summed E-state index contributed by atoms with van der Waals surface area (Å²) in [6, 6.07) is 9.49. The van der Waals surface area contributed by atoms with Gasteiger partial charge in [-0.15, -0.1) is 0 Å². The molecule has 0 heterocycles. The minimum absolute atomic E-state index is 0.236. The standard InChI is InChI=1S/C27H46N2O10/c1-27(2,3)39-26(31)29-10-12-33-14-16-35-18-20-37-22-21-36-19-17-34-15-13-32-11-9-28-25(30)38-23-24-7-5-4-6-8-24/h4-8H,9-23H2,1-3H3,(H,28,30)(H,29,31). The third-order valence-corrected chi connectivity index (χ3v) is 4.50. The number of carbonyl (C=O) groups excluding carboxylic acids is 2. The highest BCUT2D eigenvalue weighted by atomic mass is 16.6. The van der Waals surface area contributed by atoms with Crippen molar-refractivity contribution in [2.75, 3.05) is 92.4 Å². The third-order valence-electron chi connectivity index (χ3n) is 4.50. The predicted molar refractivity (Wildman–Crippen MR) is 144 cm³/mol. The first-order valence-corrected chi connectivity index (χ1v) is 13.2. The first kappa shape index (κ1) is 34.5. The average molecular weight is 559 g/mol. The monoisotopic (exact) mass is 558 g/mol. The maximum absolute atomic E-state index is 11.6. The number of alkyl carbamates (subject to hydrolysis) is 2. The Morgan fingerprint density at radius 3 is 1.38 bits per heavy atom. The number of carbonyl (C=O) groups is 2. The first-order valence-electron chi connectivity index (χ1n) is 13.2. The van der Waals surface area contributed by atoms with Gasteiger partial charge in [-0.2, -0.15) is 0 Å². The van der Waals surface area contributed by atoms with Crippen molar-refractivity contribution in [2.45, 2.75) is 33.0 Å². The molecular weight excluding hydrogens is 512 g/mol. The molecule has 0 fully saturated rings. The fourth-order valence-electron chi connectivity index (χ4n) is 2.74. The Labute approximate surface area is 231 Å². The normalized spacial score (nSPS) is 11.3. The quantitative estimate of drug-likeness (QED) is 0.193. The molecule has 0 saturated heterocycles. The van der Waals surface area contributed by atoms with Gasteiger partial charge in [0.25, 0.3) is 0 Å². The summed E-state index contributed by atoms with van der Waals surface area (Å²) in [6.45, 7) is 11.7. The molecule has 0 aliphatic carbocycles. The summed E-state index contributed by atoms with van der Waals surface area (Å²) in [5, 5.41) is 5.25. The molecule has 0 radical (unpaired) electrons. The Morgan fingerprint density at radius 1 is 0.590 bits per heavy atom. The van der Waals surface area contributed by atoms with Crippen molar-refractivity contribution in [3.8, 4) is 0 Å². The van der Waals surface area contributed by atoms with Crippen molar-refractivity contribution in [1.29, 1.82) is 0 Å². The van der Waals surface area contributed by atoms with Crippen molar-refractivity contribution in [2.24, 2.45) is 0 Å². The van der Waals surface area contributed by atoms with Crippen LogP contribution in [0.3, 0.4) is 0 Å². The number of hydrogen-bond donors (Lipinski definition) is 2. The highest BCUT2D eigenvalue weighted by Gasteiger charge is 2.15. The second-order valence-corrected chi connectivity index (χ2v) is 9.09. The van der Waals surface area contributed by atoms with Gasteiger partial charge in [0.1, 0.15) is 12.2 Å². The molecular formula is C27H46N2O10. The van der Waals surface area contributed by atoms with E-state index in [1.807, 2.05) is 51.1 Å². The first-order chi connectivity index (χ1) is 18.9. The zero-order valence-electron chi connectivity index (χ0n) is 23.6. The van der Waals surface area contributed by atoms with E-state index in [1.165, 1.54) is 0 Å². The van der Waals surface area contributed by atoms with Crippen LogP contribution >= 0.6 is 0 Å². The van der Waals surface area contributed by atoms with Gasteiger partial charge in [0.2, 0.25) is 0 Å². The fraction of sp³-hybridized carbons (Fsp3) is 0.704. The van der Waals surface area contributed by atoms with Crippen LogP contribution < -0.4 is 10.6 Å². The molecule has 1 aromatic carbocycles. The molecule has 39 heavy (non-hydrogen) atoms. The summed E-state index contributed by atoms with van der Waals surface area (Å²) in [5.74, 6) is 0. The van der Waals surface area contributed by atoms with Crippen LogP contribution in [0.4, 0.5) is 9.59 Å². The van der Waals surface area contributed by atoms with Gasteiger partial charge in [-0.05, 0) is 26.3 Å². The number of benzene rings is 1. The van der Waals surface area contributed by atoms with Crippen LogP contribution in [0.1, 0.15) is 26.3 Å². The van der Waals surface area contributed by atoms with Crippen molar-refractivity contribution in [1.82, 2.24) is 10.6 Å². The number of ether oxygens (including phenoxy) is 8. The largest absolute Gasteiger partial charge is 0.445 e. The zero-order chi connectivity index (χ0) is 28.4. The molecule has 1 rings (SSSR count). The number of nitrogens with one attached hydrogen (secondary N) is 2. The number of amides is 2. The Hall–Kier alpha value is -2.48. The van der Waals surface area contributed by atoms with E-state index >= 15 is 0 Å². The van der Waals surface area contributed by atoms with Gasteiger partial charge < -0.3 is 48.5 Å². The zero-order valence-corrected chi connectivity index (χ0v) is 23.6. The Kier molecular flexibility index (Phi) is 20.7. The van der Waals surface area contributed by atoms with Gasteiger partial charge in [-0.3, -0.25) is 0 Å². The smallest absolute Gasteiger partial charge is 0.407 e. The number of hydrogen-bond acceptors (Lipinski definition) is 10. The molecule has 0 saturated carbocycles. The minimum Gasteiger partial charge on any atom is -0.445 e. The molecule has 0 aromatic heterocycles. The lowest BCUT2D eigenvalue weighted by molar-refractivity contribution is -0.0165. The van der Waals surface area contributed by atoms with Crippen molar-refractivity contribution < 1.29 is 47.5 Å². The molecule has 0 unspecified atom stereocenters. The Morgan fingerprint density at radius 2 is 0.974 bits per heavy atom. The molecule has 224 valence electrons.